The van der Waals surface area contributed by atoms with E-state index in [4.69, 9.17) is 32.4 Å². The molecule has 0 aliphatic rings. The molecule has 0 radical (unpaired) electrons. The van der Waals surface area contributed by atoms with Crippen molar-refractivity contribution in [3.8, 4) is 5.75 Å². The first-order valence-electron chi connectivity index (χ1n) is 5.89. The molecule has 1 heterocycles. The second kappa shape index (κ2) is 6.68. The predicted octanol–water partition coefficient (Wildman–Crippen LogP) is 3.61. The van der Waals surface area contributed by atoms with Gasteiger partial charge in [-0.1, -0.05) is 11.6 Å². The summed E-state index contributed by atoms with van der Waals surface area (Å²) >= 11 is 11.5. The van der Waals surface area contributed by atoms with Crippen molar-refractivity contribution >= 4 is 29.1 Å². The van der Waals surface area contributed by atoms with Gasteiger partial charge in [0.05, 0.1) is 13.0 Å². The Morgan fingerprint density at radius 1 is 1.35 bits per heavy atom. The summed E-state index contributed by atoms with van der Waals surface area (Å²) in [7, 11) is 1.56. The zero-order valence-electron chi connectivity index (χ0n) is 10.8. The van der Waals surface area contributed by atoms with Crippen LogP contribution in [0, 0.1) is 0 Å². The largest absolute Gasteiger partial charge is 0.496 e. The number of furan rings is 1. The van der Waals surface area contributed by atoms with Crippen molar-refractivity contribution in [1.82, 2.24) is 5.32 Å². The monoisotopic (exact) mass is 313 g/mol. The maximum absolute atomic E-state index is 11.9. The summed E-state index contributed by atoms with van der Waals surface area (Å²) in [6, 6.07) is 8.48. The molecule has 0 aliphatic heterocycles. The second-order valence-corrected chi connectivity index (χ2v) is 4.74. The Labute approximate surface area is 126 Å². The van der Waals surface area contributed by atoms with Gasteiger partial charge in [0.2, 0.25) is 0 Å². The molecule has 6 heteroatoms. The Morgan fingerprint density at radius 3 is 2.80 bits per heavy atom. The average Bonchev–Trinajstić information content (AvgIpc) is 2.94. The maximum atomic E-state index is 11.9. The molecule has 1 aromatic carbocycles. The van der Waals surface area contributed by atoms with Crippen molar-refractivity contribution in [2.24, 2.45) is 0 Å². The third kappa shape index (κ3) is 3.46. The summed E-state index contributed by atoms with van der Waals surface area (Å²) in [5.74, 6) is 1.35. The van der Waals surface area contributed by atoms with Gasteiger partial charge in [0.1, 0.15) is 11.5 Å². The van der Waals surface area contributed by atoms with Crippen LogP contribution in [0.25, 0.3) is 0 Å². The van der Waals surface area contributed by atoms with Gasteiger partial charge >= 0.3 is 0 Å². The average molecular weight is 314 g/mol. The molecule has 0 unspecified atom stereocenters. The first-order valence-corrected chi connectivity index (χ1v) is 6.80. The van der Waals surface area contributed by atoms with Gasteiger partial charge in [0.25, 0.3) is 5.91 Å². The number of halogens is 2. The molecule has 0 spiro atoms. The van der Waals surface area contributed by atoms with Gasteiger partial charge in [-0.25, -0.2) is 0 Å². The summed E-state index contributed by atoms with van der Waals surface area (Å²) in [5.41, 5.74) is 0.789. The zero-order chi connectivity index (χ0) is 14.5. The predicted molar refractivity (Wildman–Crippen MR) is 77.4 cm³/mol. The van der Waals surface area contributed by atoms with Crippen molar-refractivity contribution in [2.75, 3.05) is 7.11 Å². The van der Waals surface area contributed by atoms with E-state index in [9.17, 15) is 4.79 Å². The van der Waals surface area contributed by atoms with Crippen LogP contribution in [-0.2, 0) is 12.4 Å². The lowest BCUT2D eigenvalue weighted by atomic mass is 10.2. The number of hydrogen-bond acceptors (Lipinski definition) is 3. The van der Waals surface area contributed by atoms with E-state index < -0.39 is 0 Å². The number of methoxy groups -OCH3 is 1. The molecule has 106 valence electrons. The van der Waals surface area contributed by atoms with Crippen molar-refractivity contribution in [1.29, 1.82) is 0 Å². The lowest BCUT2D eigenvalue weighted by Gasteiger charge is -2.09. The van der Waals surface area contributed by atoms with E-state index in [-0.39, 0.29) is 17.5 Å². The number of benzene rings is 1. The minimum absolute atomic E-state index is 0.224. The SMILES string of the molecule is COc1ccc(Cl)cc1CNC(=O)c1ccc(CCl)o1. The summed E-state index contributed by atoms with van der Waals surface area (Å²) in [4.78, 5) is 11.9. The minimum Gasteiger partial charge on any atom is -0.496 e. The molecule has 1 amide bonds. The summed E-state index contributed by atoms with van der Waals surface area (Å²) in [6.45, 7) is 0.291. The number of rotatable bonds is 5. The van der Waals surface area contributed by atoms with Gasteiger partial charge in [0.15, 0.2) is 5.76 Å². The standard InChI is InChI=1S/C14H13Cl2NO3/c1-19-12-4-2-10(16)6-9(12)8-17-14(18)13-5-3-11(7-15)20-13/h2-6H,7-8H2,1H3,(H,17,18). The molecule has 0 bridgehead atoms. The molecule has 2 rings (SSSR count). The van der Waals surface area contributed by atoms with E-state index in [0.29, 0.717) is 23.1 Å². The van der Waals surface area contributed by atoms with Crippen LogP contribution < -0.4 is 10.1 Å². The van der Waals surface area contributed by atoms with Gasteiger partial charge in [-0.05, 0) is 30.3 Å². The maximum Gasteiger partial charge on any atom is 0.287 e. The Hall–Kier alpha value is -1.65. The molecule has 4 nitrogen and oxygen atoms in total. The van der Waals surface area contributed by atoms with E-state index in [2.05, 4.69) is 5.32 Å². The molecule has 2 aromatic rings. The topological polar surface area (TPSA) is 51.5 Å². The number of hydrogen-bond donors (Lipinski definition) is 1. The van der Waals surface area contributed by atoms with Crippen LogP contribution >= 0.6 is 23.2 Å². The third-order valence-electron chi connectivity index (χ3n) is 2.70. The van der Waals surface area contributed by atoms with Crippen molar-refractivity contribution in [3.63, 3.8) is 0 Å². The number of amides is 1. The van der Waals surface area contributed by atoms with Crippen LogP contribution in [0.4, 0.5) is 0 Å². The Balaban J connectivity index is 2.04. The molecule has 0 aliphatic carbocycles. The number of ether oxygens (including phenoxy) is 1. The molecule has 0 atom stereocenters. The molecule has 0 saturated heterocycles. The molecular weight excluding hydrogens is 301 g/mol. The number of carbonyl (C=O) groups excluding carboxylic acids is 1. The quantitative estimate of drug-likeness (QED) is 0.858. The molecule has 1 aromatic heterocycles. The van der Waals surface area contributed by atoms with E-state index in [0.717, 1.165) is 5.56 Å². The van der Waals surface area contributed by atoms with Crippen molar-refractivity contribution in [3.05, 3.63) is 52.4 Å². The highest BCUT2D eigenvalue weighted by atomic mass is 35.5. The normalized spacial score (nSPS) is 10.3. The fourth-order valence-electron chi connectivity index (χ4n) is 1.72. The zero-order valence-corrected chi connectivity index (χ0v) is 12.3. The Morgan fingerprint density at radius 2 is 2.15 bits per heavy atom. The Bertz CT molecular complexity index is 610. The van der Waals surface area contributed by atoms with Gasteiger partial charge in [0, 0.05) is 17.1 Å². The first kappa shape index (κ1) is 14.8. The second-order valence-electron chi connectivity index (χ2n) is 4.04. The van der Waals surface area contributed by atoms with E-state index in [1.807, 2.05) is 0 Å². The van der Waals surface area contributed by atoms with Gasteiger partial charge in [-0.15, -0.1) is 11.6 Å². The van der Waals surface area contributed by atoms with Crippen LogP contribution in [0.1, 0.15) is 21.9 Å². The highest BCUT2D eigenvalue weighted by Crippen LogP contribution is 2.22. The summed E-state index contributed by atoms with van der Waals surface area (Å²) in [6.07, 6.45) is 0. The fourth-order valence-corrected chi connectivity index (χ4v) is 2.06. The molecule has 0 saturated carbocycles. The lowest BCUT2D eigenvalue weighted by molar-refractivity contribution is 0.0921. The van der Waals surface area contributed by atoms with E-state index in [1.165, 1.54) is 0 Å². The van der Waals surface area contributed by atoms with Gasteiger partial charge in [-0.3, -0.25) is 4.79 Å². The van der Waals surface area contributed by atoms with Crippen molar-refractivity contribution < 1.29 is 13.9 Å². The van der Waals surface area contributed by atoms with Crippen LogP contribution in [0.5, 0.6) is 5.75 Å². The van der Waals surface area contributed by atoms with Crippen LogP contribution in [-0.4, -0.2) is 13.0 Å². The molecule has 1 N–H and O–H groups in total. The van der Waals surface area contributed by atoms with Gasteiger partial charge < -0.3 is 14.5 Å². The highest BCUT2D eigenvalue weighted by Gasteiger charge is 2.12. The Kier molecular flexibility index (Phi) is 4.93. The molecule has 0 fully saturated rings. The van der Waals surface area contributed by atoms with Crippen LogP contribution in [0.15, 0.2) is 34.7 Å². The number of carbonyl (C=O) groups is 1. The third-order valence-corrected chi connectivity index (χ3v) is 3.20. The summed E-state index contributed by atoms with van der Waals surface area (Å²) in [5, 5.41) is 3.32. The van der Waals surface area contributed by atoms with E-state index >= 15 is 0 Å². The fraction of sp³-hybridized carbons (Fsp3) is 0.214. The van der Waals surface area contributed by atoms with Gasteiger partial charge in [-0.2, -0.15) is 0 Å². The molecule has 20 heavy (non-hydrogen) atoms. The van der Waals surface area contributed by atoms with E-state index in [1.54, 1.807) is 37.4 Å². The van der Waals surface area contributed by atoms with Crippen LogP contribution in [0.3, 0.4) is 0 Å². The number of alkyl halides is 1. The minimum atomic E-state index is -0.316. The van der Waals surface area contributed by atoms with Crippen molar-refractivity contribution in [2.45, 2.75) is 12.4 Å². The number of nitrogens with one attached hydrogen (secondary N) is 1. The molecular formula is C14H13Cl2NO3. The first-order chi connectivity index (χ1) is 9.63. The van der Waals surface area contributed by atoms with Crippen LogP contribution in [0.2, 0.25) is 5.02 Å². The summed E-state index contributed by atoms with van der Waals surface area (Å²) < 4.78 is 10.5. The highest BCUT2D eigenvalue weighted by molar-refractivity contribution is 6.30. The lowest BCUT2D eigenvalue weighted by Crippen LogP contribution is -2.22. The smallest absolute Gasteiger partial charge is 0.287 e.